The zero-order chi connectivity index (χ0) is 18.1. The Morgan fingerprint density at radius 2 is 1.84 bits per heavy atom. The van der Waals surface area contributed by atoms with Crippen LogP contribution in [0.25, 0.3) is 0 Å². The molecule has 1 aliphatic rings. The fourth-order valence-electron chi connectivity index (χ4n) is 3.18. The second kappa shape index (κ2) is 10.4. The predicted octanol–water partition coefficient (Wildman–Crippen LogP) is 1.39. The quantitative estimate of drug-likeness (QED) is 0.664. The van der Waals surface area contributed by atoms with Crippen molar-refractivity contribution in [1.82, 2.24) is 20.4 Å². The smallest absolute Gasteiger partial charge is 0.315 e. The van der Waals surface area contributed by atoms with Gasteiger partial charge in [0.1, 0.15) is 0 Å². The average molecular weight is 348 g/mol. The van der Waals surface area contributed by atoms with E-state index in [-0.39, 0.29) is 12.6 Å². The van der Waals surface area contributed by atoms with Crippen molar-refractivity contribution in [2.24, 2.45) is 0 Å². The van der Waals surface area contributed by atoms with Gasteiger partial charge in [-0.1, -0.05) is 30.7 Å². The second-order valence-corrected chi connectivity index (χ2v) is 7.09. The highest BCUT2D eigenvalue weighted by atomic mass is 16.3. The Morgan fingerprint density at radius 1 is 1.16 bits per heavy atom. The Bertz CT molecular complexity index is 530. The number of hydrogen-bond donors (Lipinski definition) is 3. The first-order chi connectivity index (χ1) is 12.0. The fourth-order valence-corrected chi connectivity index (χ4v) is 3.18. The molecule has 1 atom stereocenters. The van der Waals surface area contributed by atoms with Crippen molar-refractivity contribution < 1.29 is 9.90 Å². The number of aliphatic hydroxyl groups is 1. The number of likely N-dealkylation sites (tertiary alicyclic amines) is 1. The number of piperidine rings is 1. The summed E-state index contributed by atoms with van der Waals surface area (Å²) in [5.41, 5.74) is 2.32. The highest BCUT2D eigenvalue weighted by Gasteiger charge is 2.15. The lowest BCUT2D eigenvalue weighted by atomic mass is 10.1. The molecule has 0 aromatic heterocycles. The number of aliphatic hydroxyl groups excluding tert-OH is 1. The lowest BCUT2D eigenvalue weighted by Gasteiger charge is -2.28. The Labute approximate surface area is 151 Å². The number of carbonyl (C=O) groups excluding carboxylic acids is 1. The average Bonchev–Trinajstić information content (AvgIpc) is 2.59. The first-order valence-corrected chi connectivity index (χ1v) is 9.18. The molecule has 3 N–H and O–H groups in total. The zero-order valence-corrected chi connectivity index (χ0v) is 15.5. The minimum absolute atomic E-state index is 0.239. The minimum atomic E-state index is -0.523. The van der Waals surface area contributed by atoms with Gasteiger partial charge in [-0.15, -0.1) is 0 Å². The Balaban J connectivity index is 1.70. The van der Waals surface area contributed by atoms with Crippen LogP contribution in [-0.4, -0.2) is 67.3 Å². The molecule has 0 radical (unpaired) electrons. The first-order valence-electron chi connectivity index (χ1n) is 9.18. The van der Waals surface area contributed by atoms with Gasteiger partial charge >= 0.3 is 6.03 Å². The molecule has 140 valence electrons. The number of β-amino-alcohol motifs (C(OH)–C–C–N with tert-alkyl or cyclic N) is 1. The van der Waals surface area contributed by atoms with Crippen molar-refractivity contribution in [3.63, 3.8) is 0 Å². The lowest BCUT2D eigenvalue weighted by molar-refractivity contribution is 0.101. The van der Waals surface area contributed by atoms with Crippen LogP contribution in [-0.2, 0) is 13.1 Å². The normalized spacial score (nSPS) is 16.6. The van der Waals surface area contributed by atoms with Crippen molar-refractivity contribution in [1.29, 1.82) is 0 Å². The van der Waals surface area contributed by atoms with Gasteiger partial charge in [-0.05, 0) is 51.2 Å². The van der Waals surface area contributed by atoms with Crippen LogP contribution in [0.15, 0.2) is 24.3 Å². The summed E-state index contributed by atoms with van der Waals surface area (Å²) in [6.07, 6.45) is 3.16. The van der Waals surface area contributed by atoms with Crippen molar-refractivity contribution in [3.8, 4) is 0 Å². The Morgan fingerprint density at radius 3 is 2.52 bits per heavy atom. The summed E-state index contributed by atoms with van der Waals surface area (Å²) >= 11 is 0. The Kier molecular flexibility index (Phi) is 8.18. The van der Waals surface area contributed by atoms with Crippen molar-refractivity contribution >= 4 is 6.03 Å². The van der Waals surface area contributed by atoms with Gasteiger partial charge in [-0.3, -0.25) is 0 Å². The maximum atomic E-state index is 12.0. The van der Waals surface area contributed by atoms with Crippen LogP contribution >= 0.6 is 0 Å². The van der Waals surface area contributed by atoms with E-state index >= 15 is 0 Å². The molecule has 2 rings (SSSR count). The van der Waals surface area contributed by atoms with Crippen LogP contribution in [0.3, 0.4) is 0 Å². The maximum absolute atomic E-state index is 12.0. The SMILES string of the molecule is CN(C)Cc1ccccc1CNC(=O)NC[C@@H](O)CN1CCCCC1. The zero-order valence-electron chi connectivity index (χ0n) is 15.5. The topological polar surface area (TPSA) is 67.8 Å². The Hall–Kier alpha value is -1.63. The van der Waals surface area contributed by atoms with Gasteiger partial charge in [0.15, 0.2) is 0 Å². The summed E-state index contributed by atoms with van der Waals surface area (Å²) in [5.74, 6) is 0. The van der Waals surface area contributed by atoms with E-state index in [1.165, 1.54) is 24.8 Å². The summed E-state index contributed by atoms with van der Waals surface area (Å²) in [5, 5.41) is 15.7. The van der Waals surface area contributed by atoms with Crippen LogP contribution < -0.4 is 10.6 Å². The van der Waals surface area contributed by atoms with Crippen LogP contribution in [0.5, 0.6) is 0 Å². The summed E-state index contributed by atoms with van der Waals surface area (Å²) in [6.45, 7) is 4.33. The summed E-state index contributed by atoms with van der Waals surface area (Å²) < 4.78 is 0. The maximum Gasteiger partial charge on any atom is 0.315 e. The molecule has 6 heteroatoms. The highest BCUT2D eigenvalue weighted by molar-refractivity contribution is 5.73. The number of nitrogens with one attached hydrogen (secondary N) is 2. The van der Waals surface area contributed by atoms with E-state index in [0.29, 0.717) is 13.1 Å². The third-order valence-corrected chi connectivity index (χ3v) is 4.46. The molecule has 0 saturated carbocycles. The van der Waals surface area contributed by atoms with E-state index in [2.05, 4.69) is 26.5 Å². The van der Waals surface area contributed by atoms with E-state index in [1.54, 1.807) is 0 Å². The van der Waals surface area contributed by atoms with Crippen LogP contribution in [0.1, 0.15) is 30.4 Å². The second-order valence-electron chi connectivity index (χ2n) is 7.09. The third kappa shape index (κ3) is 7.42. The van der Waals surface area contributed by atoms with Crippen LogP contribution in [0, 0.1) is 0 Å². The number of benzene rings is 1. The largest absolute Gasteiger partial charge is 0.390 e. The molecule has 0 aliphatic carbocycles. The van der Waals surface area contributed by atoms with Gasteiger partial charge < -0.3 is 25.5 Å². The summed E-state index contributed by atoms with van der Waals surface area (Å²) in [7, 11) is 4.06. The van der Waals surface area contributed by atoms with Gasteiger partial charge in [0.25, 0.3) is 0 Å². The highest BCUT2D eigenvalue weighted by Crippen LogP contribution is 2.10. The molecule has 0 bridgehead atoms. The van der Waals surface area contributed by atoms with Crippen molar-refractivity contribution in [2.45, 2.75) is 38.5 Å². The van der Waals surface area contributed by atoms with Crippen LogP contribution in [0.4, 0.5) is 4.79 Å². The molecule has 2 amide bonds. The van der Waals surface area contributed by atoms with Gasteiger partial charge in [0, 0.05) is 26.2 Å². The van der Waals surface area contributed by atoms with E-state index in [4.69, 9.17) is 0 Å². The number of carbonyl (C=O) groups is 1. The molecule has 25 heavy (non-hydrogen) atoms. The fraction of sp³-hybridized carbons (Fsp3) is 0.632. The van der Waals surface area contributed by atoms with Gasteiger partial charge in [-0.2, -0.15) is 0 Å². The molecule has 0 unspecified atom stereocenters. The first kappa shape index (κ1) is 19.7. The van der Waals surface area contributed by atoms with Gasteiger partial charge in [0.2, 0.25) is 0 Å². The van der Waals surface area contributed by atoms with Crippen molar-refractivity contribution in [2.75, 3.05) is 40.3 Å². The molecule has 1 saturated heterocycles. The molecular formula is C19H32N4O2. The monoisotopic (exact) mass is 348 g/mol. The van der Waals surface area contributed by atoms with Gasteiger partial charge in [0.05, 0.1) is 6.10 Å². The van der Waals surface area contributed by atoms with E-state index < -0.39 is 6.10 Å². The lowest BCUT2D eigenvalue weighted by Crippen LogP contribution is -2.44. The van der Waals surface area contributed by atoms with Gasteiger partial charge in [-0.25, -0.2) is 4.79 Å². The third-order valence-electron chi connectivity index (χ3n) is 4.46. The number of urea groups is 1. The number of rotatable bonds is 8. The van der Waals surface area contributed by atoms with E-state index in [9.17, 15) is 9.90 Å². The number of nitrogens with zero attached hydrogens (tertiary/aromatic N) is 2. The minimum Gasteiger partial charge on any atom is -0.390 e. The molecule has 1 fully saturated rings. The predicted molar refractivity (Wildman–Crippen MR) is 100 cm³/mol. The molecule has 1 aromatic rings. The number of amides is 2. The summed E-state index contributed by atoms with van der Waals surface area (Å²) in [6, 6.07) is 7.87. The standard InChI is InChI=1S/C19H32N4O2/c1-22(2)14-17-9-5-4-8-16(17)12-20-19(25)21-13-18(24)15-23-10-6-3-7-11-23/h4-5,8-9,18,24H,3,6-7,10-15H2,1-2H3,(H2,20,21,25)/t18-/m1/s1. The molecule has 1 heterocycles. The van der Waals surface area contributed by atoms with Crippen molar-refractivity contribution in [3.05, 3.63) is 35.4 Å². The molecule has 6 nitrogen and oxygen atoms in total. The van der Waals surface area contributed by atoms with Crippen LogP contribution in [0.2, 0.25) is 0 Å². The van der Waals surface area contributed by atoms with E-state index in [1.807, 2.05) is 32.3 Å². The molecule has 1 aliphatic heterocycles. The van der Waals surface area contributed by atoms with E-state index in [0.717, 1.165) is 25.2 Å². The molecule has 1 aromatic carbocycles. The number of hydrogen-bond acceptors (Lipinski definition) is 4. The summed E-state index contributed by atoms with van der Waals surface area (Å²) in [4.78, 5) is 16.4. The molecule has 0 spiro atoms. The molecular weight excluding hydrogens is 316 g/mol.